The number of thiophene rings is 1. The smallest absolute Gasteiger partial charge is 0.0850 e. The van der Waals surface area contributed by atoms with Crippen LogP contribution in [-0.4, -0.2) is 9.78 Å². The molecule has 0 aliphatic carbocycles. The van der Waals surface area contributed by atoms with Crippen molar-refractivity contribution in [3.8, 4) is 0 Å². The molecule has 2 aromatic heterocycles. The summed E-state index contributed by atoms with van der Waals surface area (Å²) in [6, 6.07) is 2.17. The minimum Gasteiger partial charge on any atom is -0.271 e. The van der Waals surface area contributed by atoms with Crippen LogP contribution in [0.4, 0.5) is 0 Å². The Bertz CT molecular complexity index is 588. The number of nitrogens with two attached hydrogens (primary N) is 1. The fourth-order valence-corrected chi connectivity index (χ4v) is 4.13. The van der Waals surface area contributed by atoms with Crippen LogP contribution >= 0.6 is 38.9 Å². The van der Waals surface area contributed by atoms with E-state index in [-0.39, 0.29) is 6.04 Å². The summed E-state index contributed by atoms with van der Waals surface area (Å²) in [7, 11) is 1.92. The molecule has 0 fully saturated rings. The van der Waals surface area contributed by atoms with Gasteiger partial charge >= 0.3 is 0 Å². The first kappa shape index (κ1) is 16.0. The third kappa shape index (κ3) is 3.09. The first-order valence-corrected chi connectivity index (χ1v) is 8.38. The summed E-state index contributed by atoms with van der Waals surface area (Å²) in [4.78, 5) is 1.19. The van der Waals surface area contributed by atoms with Crippen molar-refractivity contribution in [2.75, 3.05) is 0 Å². The molecule has 0 amide bonds. The van der Waals surface area contributed by atoms with Gasteiger partial charge in [0, 0.05) is 18.3 Å². The quantitative estimate of drug-likeness (QED) is 0.619. The normalized spacial score (nSPS) is 12.9. The predicted octanol–water partition coefficient (Wildman–Crippen LogP) is 3.52. The van der Waals surface area contributed by atoms with E-state index in [1.54, 1.807) is 11.3 Å². The average molecular weight is 378 g/mol. The zero-order valence-corrected chi connectivity index (χ0v) is 14.9. The summed E-state index contributed by atoms with van der Waals surface area (Å²) in [5, 5.41) is 5.20. The van der Waals surface area contributed by atoms with Crippen molar-refractivity contribution in [2.45, 2.75) is 32.7 Å². The number of hydrazine groups is 1. The van der Waals surface area contributed by atoms with E-state index in [0.717, 1.165) is 26.6 Å². The van der Waals surface area contributed by atoms with Crippen LogP contribution in [0.15, 0.2) is 9.85 Å². The highest BCUT2D eigenvalue weighted by Gasteiger charge is 2.20. The van der Waals surface area contributed by atoms with Gasteiger partial charge in [0.2, 0.25) is 0 Å². The summed E-state index contributed by atoms with van der Waals surface area (Å²) in [5.74, 6) is 5.72. The lowest BCUT2D eigenvalue weighted by Crippen LogP contribution is -2.29. The van der Waals surface area contributed by atoms with Gasteiger partial charge in [-0.2, -0.15) is 5.10 Å². The molecule has 0 bridgehead atoms. The van der Waals surface area contributed by atoms with E-state index < -0.39 is 0 Å². The molecule has 0 aromatic carbocycles. The largest absolute Gasteiger partial charge is 0.271 e. The van der Waals surface area contributed by atoms with Crippen LogP contribution in [-0.2, 0) is 19.9 Å². The lowest BCUT2D eigenvalue weighted by atomic mass is 10.1. The van der Waals surface area contributed by atoms with Gasteiger partial charge in [0.25, 0.3) is 0 Å². The minimum atomic E-state index is 0.0302. The molecule has 0 spiro atoms. The van der Waals surface area contributed by atoms with Crippen LogP contribution in [0.2, 0.25) is 5.02 Å². The Balaban J connectivity index is 2.29. The van der Waals surface area contributed by atoms with Crippen molar-refractivity contribution in [3.63, 3.8) is 0 Å². The molecule has 0 aliphatic heterocycles. The molecule has 1 unspecified atom stereocenters. The lowest BCUT2D eigenvalue weighted by Gasteiger charge is -2.14. The van der Waals surface area contributed by atoms with E-state index >= 15 is 0 Å². The molecule has 4 nitrogen and oxygen atoms in total. The summed E-state index contributed by atoms with van der Waals surface area (Å²) in [6.07, 6.45) is 1.54. The number of nitrogens with one attached hydrogen (secondary N) is 1. The van der Waals surface area contributed by atoms with Gasteiger partial charge in [-0.3, -0.25) is 16.0 Å². The average Bonchev–Trinajstić information content (AvgIpc) is 2.88. The number of hydrogen-bond acceptors (Lipinski definition) is 4. The van der Waals surface area contributed by atoms with Gasteiger partial charge in [0.1, 0.15) is 0 Å². The van der Waals surface area contributed by atoms with Crippen molar-refractivity contribution in [1.29, 1.82) is 0 Å². The van der Waals surface area contributed by atoms with Crippen LogP contribution in [0.5, 0.6) is 0 Å². The molecule has 110 valence electrons. The zero-order valence-electron chi connectivity index (χ0n) is 11.7. The minimum absolute atomic E-state index is 0.0302. The van der Waals surface area contributed by atoms with E-state index in [9.17, 15) is 0 Å². The highest BCUT2D eigenvalue weighted by atomic mass is 79.9. The standard InChI is InChI=1S/C13H18BrClN4S/c1-4-8-12(15)10(19(3)18-8)6-9(17-16)11-5-7(2)13(14)20-11/h5,9,17H,4,6,16H2,1-3H3. The molecule has 2 heterocycles. The van der Waals surface area contributed by atoms with Crippen LogP contribution < -0.4 is 11.3 Å². The van der Waals surface area contributed by atoms with Gasteiger partial charge in [-0.05, 0) is 40.9 Å². The van der Waals surface area contributed by atoms with Gasteiger partial charge < -0.3 is 0 Å². The monoisotopic (exact) mass is 376 g/mol. The molecular formula is C13H18BrClN4S. The maximum atomic E-state index is 6.40. The second-order valence-corrected chi connectivity index (χ2v) is 7.49. The van der Waals surface area contributed by atoms with Crippen molar-refractivity contribution in [1.82, 2.24) is 15.2 Å². The zero-order chi connectivity index (χ0) is 14.9. The fraction of sp³-hybridized carbons (Fsp3) is 0.462. The third-order valence-corrected chi connectivity index (χ3v) is 6.01. The first-order valence-electron chi connectivity index (χ1n) is 6.40. The van der Waals surface area contributed by atoms with Gasteiger partial charge in [-0.25, -0.2) is 0 Å². The Morgan fingerprint density at radius 1 is 1.60 bits per heavy atom. The number of halogens is 2. The van der Waals surface area contributed by atoms with Gasteiger partial charge in [0.15, 0.2) is 0 Å². The Kier molecular flexibility index (Phi) is 5.25. The molecule has 7 heteroatoms. The predicted molar refractivity (Wildman–Crippen MR) is 88.1 cm³/mol. The van der Waals surface area contributed by atoms with Gasteiger partial charge in [-0.1, -0.05) is 18.5 Å². The van der Waals surface area contributed by atoms with Crippen LogP contribution in [0.3, 0.4) is 0 Å². The van der Waals surface area contributed by atoms with E-state index in [4.69, 9.17) is 17.4 Å². The number of aromatic nitrogens is 2. The van der Waals surface area contributed by atoms with Crippen molar-refractivity contribution in [3.05, 3.63) is 36.7 Å². The van der Waals surface area contributed by atoms with Crippen molar-refractivity contribution < 1.29 is 0 Å². The highest BCUT2D eigenvalue weighted by molar-refractivity contribution is 9.11. The molecule has 3 N–H and O–H groups in total. The summed E-state index contributed by atoms with van der Waals surface area (Å²) in [5.41, 5.74) is 6.04. The van der Waals surface area contributed by atoms with Crippen molar-refractivity contribution in [2.24, 2.45) is 12.9 Å². The fourth-order valence-electron chi connectivity index (χ4n) is 2.13. The Labute approximate surface area is 136 Å². The molecule has 0 saturated carbocycles. The van der Waals surface area contributed by atoms with Crippen LogP contribution in [0, 0.1) is 6.92 Å². The number of aryl methyl sites for hydroxylation is 3. The second-order valence-electron chi connectivity index (χ2n) is 4.71. The molecule has 2 aromatic rings. The molecule has 0 aliphatic rings. The lowest BCUT2D eigenvalue weighted by molar-refractivity contribution is 0.537. The summed E-state index contributed by atoms with van der Waals surface area (Å²) >= 11 is 11.6. The summed E-state index contributed by atoms with van der Waals surface area (Å²) in [6.45, 7) is 4.13. The molecule has 1 atom stereocenters. The van der Waals surface area contributed by atoms with Crippen molar-refractivity contribution >= 4 is 38.9 Å². The Morgan fingerprint density at radius 3 is 2.75 bits per heavy atom. The Morgan fingerprint density at radius 2 is 2.30 bits per heavy atom. The van der Waals surface area contributed by atoms with E-state index in [1.165, 1.54) is 10.4 Å². The van der Waals surface area contributed by atoms with Gasteiger partial charge in [-0.15, -0.1) is 11.3 Å². The number of nitrogens with zero attached hydrogens (tertiary/aromatic N) is 2. The first-order chi connectivity index (χ1) is 9.47. The SMILES string of the molecule is CCc1nn(C)c(CC(NN)c2cc(C)c(Br)s2)c1Cl. The Hall–Kier alpha value is -0.400. The molecule has 0 saturated heterocycles. The molecule has 2 rings (SSSR count). The molecular weight excluding hydrogens is 360 g/mol. The van der Waals surface area contributed by atoms with E-state index in [0.29, 0.717) is 6.42 Å². The van der Waals surface area contributed by atoms with E-state index in [1.807, 2.05) is 11.7 Å². The highest BCUT2D eigenvalue weighted by Crippen LogP contribution is 2.33. The maximum absolute atomic E-state index is 6.40. The number of rotatable bonds is 5. The third-order valence-electron chi connectivity index (χ3n) is 3.32. The molecule has 20 heavy (non-hydrogen) atoms. The van der Waals surface area contributed by atoms with Crippen LogP contribution in [0.25, 0.3) is 0 Å². The van der Waals surface area contributed by atoms with E-state index in [2.05, 4.69) is 46.4 Å². The maximum Gasteiger partial charge on any atom is 0.0850 e. The topological polar surface area (TPSA) is 55.9 Å². The number of hydrogen-bond donors (Lipinski definition) is 2. The second kappa shape index (κ2) is 6.58. The molecule has 0 radical (unpaired) electrons. The van der Waals surface area contributed by atoms with Gasteiger partial charge in [0.05, 0.1) is 26.2 Å². The van der Waals surface area contributed by atoms with Crippen LogP contribution in [0.1, 0.15) is 34.8 Å². The summed E-state index contributed by atoms with van der Waals surface area (Å²) < 4.78 is 2.99.